The van der Waals surface area contributed by atoms with E-state index in [1.165, 1.54) is 14.2 Å². The first-order chi connectivity index (χ1) is 9.72. The Bertz CT molecular complexity index is 368. The summed E-state index contributed by atoms with van der Waals surface area (Å²) in [4.78, 5) is 34.9. The van der Waals surface area contributed by atoms with Gasteiger partial charge >= 0.3 is 11.9 Å². The lowest BCUT2D eigenvalue weighted by Gasteiger charge is -2.23. The lowest BCUT2D eigenvalue weighted by molar-refractivity contribution is -0.149. The SMILES string of the molecule is COC(=O)C[C@@H](C)[C@@H](NC(=O)[C@H](O)CC(C)C)C(=O)OC. The summed E-state index contributed by atoms with van der Waals surface area (Å²) in [5.41, 5.74) is 0. The van der Waals surface area contributed by atoms with Gasteiger partial charge in [-0.2, -0.15) is 0 Å². The predicted octanol–water partition coefficient (Wildman–Crippen LogP) is 0.250. The van der Waals surface area contributed by atoms with Gasteiger partial charge in [-0.3, -0.25) is 9.59 Å². The number of hydrogen-bond donors (Lipinski definition) is 2. The molecule has 0 aliphatic heterocycles. The van der Waals surface area contributed by atoms with Crippen LogP contribution in [0.15, 0.2) is 0 Å². The Hall–Kier alpha value is -1.63. The maximum atomic E-state index is 11.9. The zero-order valence-electron chi connectivity index (χ0n) is 13.2. The van der Waals surface area contributed by atoms with E-state index in [2.05, 4.69) is 14.8 Å². The Morgan fingerprint density at radius 2 is 1.67 bits per heavy atom. The van der Waals surface area contributed by atoms with Gasteiger partial charge in [-0.15, -0.1) is 0 Å². The van der Waals surface area contributed by atoms with Gasteiger partial charge in [-0.1, -0.05) is 20.8 Å². The van der Waals surface area contributed by atoms with E-state index >= 15 is 0 Å². The van der Waals surface area contributed by atoms with Gasteiger partial charge in [-0.05, 0) is 18.3 Å². The first-order valence-corrected chi connectivity index (χ1v) is 6.86. The highest BCUT2D eigenvalue weighted by Gasteiger charge is 2.31. The van der Waals surface area contributed by atoms with Crippen LogP contribution >= 0.6 is 0 Å². The monoisotopic (exact) mass is 303 g/mol. The number of carbonyl (C=O) groups is 3. The smallest absolute Gasteiger partial charge is 0.328 e. The summed E-state index contributed by atoms with van der Waals surface area (Å²) >= 11 is 0. The van der Waals surface area contributed by atoms with Gasteiger partial charge in [0.05, 0.1) is 20.6 Å². The molecule has 0 aliphatic rings. The minimum atomic E-state index is -1.21. The molecule has 0 aliphatic carbocycles. The standard InChI is InChI=1S/C14H25NO6/c1-8(2)6-10(16)13(18)15-12(14(19)21-5)9(3)7-11(17)20-4/h8-10,12,16H,6-7H2,1-5H3,(H,15,18)/t9-,10-,12-/m1/s1. The summed E-state index contributed by atoms with van der Waals surface area (Å²) in [5.74, 6) is -2.20. The number of aliphatic hydroxyl groups is 1. The molecule has 3 atom stereocenters. The predicted molar refractivity (Wildman–Crippen MR) is 75.2 cm³/mol. The molecule has 0 rings (SSSR count). The molecule has 0 saturated carbocycles. The van der Waals surface area contributed by atoms with Crippen LogP contribution in [-0.4, -0.2) is 49.3 Å². The summed E-state index contributed by atoms with van der Waals surface area (Å²) in [5, 5.41) is 12.2. The van der Waals surface area contributed by atoms with E-state index < -0.39 is 35.9 Å². The zero-order valence-corrected chi connectivity index (χ0v) is 13.2. The fourth-order valence-electron chi connectivity index (χ4n) is 1.83. The van der Waals surface area contributed by atoms with Crippen LogP contribution in [0.5, 0.6) is 0 Å². The van der Waals surface area contributed by atoms with Crippen LogP contribution in [0.3, 0.4) is 0 Å². The lowest BCUT2D eigenvalue weighted by Crippen LogP contribution is -2.49. The summed E-state index contributed by atoms with van der Waals surface area (Å²) in [6.45, 7) is 5.36. The molecule has 0 aromatic carbocycles. The molecule has 0 radical (unpaired) electrons. The van der Waals surface area contributed by atoms with E-state index in [-0.39, 0.29) is 18.8 Å². The second kappa shape index (κ2) is 9.33. The van der Waals surface area contributed by atoms with Gasteiger partial charge in [0.1, 0.15) is 12.1 Å². The molecule has 7 heteroatoms. The number of nitrogens with one attached hydrogen (secondary N) is 1. The summed E-state index contributed by atoms with van der Waals surface area (Å²) in [7, 11) is 2.43. The molecule has 0 unspecified atom stereocenters. The molecule has 0 aromatic heterocycles. The number of rotatable bonds is 8. The molecule has 21 heavy (non-hydrogen) atoms. The lowest BCUT2D eigenvalue weighted by atomic mass is 9.97. The quantitative estimate of drug-likeness (QED) is 0.623. The number of amides is 1. The van der Waals surface area contributed by atoms with Crippen molar-refractivity contribution in [2.75, 3.05) is 14.2 Å². The number of esters is 2. The maximum Gasteiger partial charge on any atom is 0.328 e. The van der Waals surface area contributed by atoms with Crippen LogP contribution < -0.4 is 5.32 Å². The molecule has 2 N–H and O–H groups in total. The van der Waals surface area contributed by atoms with E-state index in [1.807, 2.05) is 13.8 Å². The topological polar surface area (TPSA) is 102 Å². The average molecular weight is 303 g/mol. The highest BCUT2D eigenvalue weighted by Crippen LogP contribution is 2.12. The molecular weight excluding hydrogens is 278 g/mol. The average Bonchev–Trinajstić information content (AvgIpc) is 2.42. The second-order valence-electron chi connectivity index (χ2n) is 5.41. The number of hydrogen-bond acceptors (Lipinski definition) is 6. The van der Waals surface area contributed by atoms with Crippen LogP contribution in [0.4, 0.5) is 0 Å². The first-order valence-electron chi connectivity index (χ1n) is 6.86. The Morgan fingerprint density at radius 3 is 2.10 bits per heavy atom. The van der Waals surface area contributed by atoms with Crippen LogP contribution in [0, 0.1) is 11.8 Å². The third kappa shape index (κ3) is 7.08. The molecule has 7 nitrogen and oxygen atoms in total. The fraction of sp³-hybridized carbons (Fsp3) is 0.786. The highest BCUT2D eigenvalue weighted by molar-refractivity contribution is 5.87. The third-order valence-electron chi connectivity index (χ3n) is 3.04. The van der Waals surface area contributed by atoms with Gasteiger partial charge < -0.3 is 19.9 Å². The Kier molecular flexibility index (Phi) is 8.61. The van der Waals surface area contributed by atoms with E-state index in [4.69, 9.17) is 0 Å². The van der Waals surface area contributed by atoms with E-state index in [0.29, 0.717) is 0 Å². The number of aliphatic hydroxyl groups excluding tert-OH is 1. The summed E-state index contributed by atoms with van der Waals surface area (Å²) in [6, 6.07) is -1.01. The minimum Gasteiger partial charge on any atom is -0.469 e. The molecule has 0 bridgehead atoms. The minimum absolute atomic E-state index is 0.0448. The number of carbonyl (C=O) groups excluding carboxylic acids is 3. The summed E-state index contributed by atoms with van der Waals surface area (Å²) in [6.07, 6.45) is -0.968. The van der Waals surface area contributed by atoms with E-state index in [9.17, 15) is 19.5 Å². The second-order valence-corrected chi connectivity index (χ2v) is 5.41. The van der Waals surface area contributed by atoms with Gasteiger partial charge in [0.2, 0.25) is 5.91 Å². The van der Waals surface area contributed by atoms with Gasteiger partial charge in [-0.25, -0.2) is 4.79 Å². The van der Waals surface area contributed by atoms with Crippen molar-refractivity contribution in [2.24, 2.45) is 11.8 Å². The summed E-state index contributed by atoms with van der Waals surface area (Å²) < 4.78 is 9.16. The van der Waals surface area contributed by atoms with Crippen LogP contribution in [0.1, 0.15) is 33.6 Å². The molecule has 0 spiro atoms. The van der Waals surface area contributed by atoms with Crippen LogP contribution in [-0.2, 0) is 23.9 Å². The Labute approximate surface area is 125 Å². The Morgan fingerprint density at radius 1 is 1.10 bits per heavy atom. The maximum absolute atomic E-state index is 11.9. The van der Waals surface area contributed by atoms with Gasteiger partial charge in [0.25, 0.3) is 0 Å². The van der Waals surface area contributed by atoms with Crippen molar-refractivity contribution in [3.8, 4) is 0 Å². The molecule has 122 valence electrons. The highest BCUT2D eigenvalue weighted by atomic mass is 16.5. The van der Waals surface area contributed by atoms with Gasteiger partial charge in [0.15, 0.2) is 0 Å². The van der Waals surface area contributed by atoms with Crippen molar-refractivity contribution in [2.45, 2.75) is 45.8 Å². The van der Waals surface area contributed by atoms with Crippen molar-refractivity contribution in [3.05, 3.63) is 0 Å². The number of methoxy groups -OCH3 is 2. The molecule has 0 heterocycles. The van der Waals surface area contributed by atoms with E-state index in [0.717, 1.165) is 0 Å². The van der Waals surface area contributed by atoms with Crippen molar-refractivity contribution in [1.29, 1.82) is 0 Å². The van der Waals surface area contributed by atoms with Crippen molar-refractivity contribution in [1.82, 2.24) is 5.32 Å². The zero-order chi connectivity index (χ0) is 16.6. The molecule has 0 aromatic rings. The molecule has 0 saturated heterocycles. The molecule has 0 fully saturated rings. The van der Waals surface area contributed by atoms with E-state index in [1.54, 1.807) is 6.92 Å². The first kappa shape index (κ1) is 19.4. The van der Waals surface area contributed by atoms with Crippen LogP contribution in [0.25, 0.3) is 0 Å². The molecular formula is C14H25NO6. The normalized spacial score (nSPS) is 15.0. The molecule has 1 amide bonds. The largest absolute Gasteiger partial charge is 0.469 e. The fourth-order valence-corrected chi connectivity index (χ4v) is 1.83. The van der Waals surface area contributed by atoms with Crippen molar-refractivity contribution in [3.63, 3.8) is 0 Å². The van der Waals surface area contributed by atoms with Crippen molar-refractivity contribution < 1.29 is 29.0 Å². The van der Waals surface area contributed by atoms with Crippen molar-refractivity contribution >= 4 is 17.8 Å². The Balaban J connectivity index is 4.80. The number of ether oxygens (including phenoxy) is 2. The van der Waals surface area contributed by atoms with Gasteiger partial charge in [0, 0.05) is 0 Å². The third-order valence-corrected chi connectivity index (χ3v) is 3.04. The van der Waals surface area contributed by atoms with Crippen LogP contribution in [0.2, 0.25) is 0 Å².